The molecule has 0 saturated heterocycles. The van der Waals surface area contributed by atoms with Gasteiger partial charge in [0.1, 0.15) is 5.75 Å². The molecule has 35 heavy (non-hydrogen) atoms. The highest BCUT2D eigenvalue weighted by Gasteiger charge is 2.39. The van der Waals surface area contributed by atoms with Crippen molar-refractivity contribution in [2.24, 2.45) is 0 Å². The van der Waals surface area contributed by atoms with E-state index in [0.717, 1.165) is 42.1 Å². The number of hydrogen-bond donors (Lipinski definition) is 0. The van der Waals surface area contributed by atoms with Crippen molar-refractivity contribution in [2.75, 3.05) is 5.75 Å². The highest BCUT2D eigenvalue weighted by Crippen LogP contribution is 2.32. The van der Waals surface area contributed by atoms with Gasteiger partial charge in [-0.15, -0.1) is 0 Å². The first-order valence-electron chi connectivity index (χ1n) is 10.8. The monoisotopic (exact) mass is 508 g/mol. The summed E-state index contributed by atoms with van der Waals surface area (Å²) in [6, 6.07) is 6.97. The maximum Gasteiger partial charge on any atom is 0.425 e. The molecule has 0 N–H and O–H groups in total. The summed E-state index contributed by atoms with van der Waals surface area (Å²) in [5.74, 6) is -1.21. The number of nitrogens with zero attached hydrogens (tertiary/aromatic N) is 4. The lowest BCUT2D eigenvalue weighted by atomic mass is 10.1. The fourth-order valence-electron chi connectivity index (χ4n) is 3.67. The van der Waals surface area contributed by atoms with E-state index >= 15 is 0 Å². The summed E-state index contributed by atoms with van der Waals surface area (Å²) in [6.45, 7) is 4.39. The molecule has 0 unspecified atom stereocenters. The summed E-state index contributed by atoms with van der Waals surface area (Å²) in [5, 5.41) is 4.52. The fourth-order valence-corrected chi connectivity index (χ4v) is 4.57. The average Bonchev–Trinajstić information content (AvgIpc) is 3.38. The summed E-state index contributed by atoms with van der Waals surface area (Å²) >= 11 is 0. The van der Waals surface area contributed by atoms with Crippen LogP contribution in [0.3, 0.4) is 0 Å². The Morgan fingerprint density at radius 1 is 1.20 bits per heavy atom. The zero-order chi connectivity index (χ0) is 25.5. The van der Waals surface area contributed by atoms with E-state index in [1.807, 2.05) is 13.0 Å². The molecule has 2 aromatic heterocycles. The van der Waals surface area contributed by atoms with E-state index in [2.05, 4.69) is 10.1 Å². The van der Waals surface area contributed by atoms with Gasteiger partial charge >= 0.3 is 6.18 Å². The molecular weight excluding hydrogens is 485 g/mol. The number of fused-ring (bicyclic) bond motifs is 1. The number of aryl methyl sites for hydroxylation is 1. The van der Waals surface area contributed by atoms with Gasteiger partial charge in [0.25, 0.3) is 5.91 Å². The Morgan fingerprint density at radius 2 is 1.94 bits per heavy atom. The molecule has 4 rings (SSSR count). The van der Waals surface area contributed by atoms with Crippen molar-refractivity contribution in [1.29, 1.82) is 0 Å². The highest BCUT2D eigenvalue weighted by molar-refractivity contribution is 7.91. The molecule has 1 atom stereocenters. The summed E-state index contributed by atoms with van der Waals surface area (Å²) < 4.78 is 70.7. The van der Waals surface area contributed by atoms with Crippen molar-refractivity contribution in [3.63, 3.8) is 0 Å². The molecular formula is C23H23F3N4O4S. The second-order valence-corrected chi connectivity index (χ2v) is 10.5. The van der Waals surface area contributed by atoms with Gasteiger partial charge in [-0.2, -0.15) is 18.3 Å². The van der Waals surface area contributed by atoms with E-state index in [1.165, 1.54) is 11.8 Å². The topological polar surface area (TPSA) is 94.4 Å². The van der Waals surface area contributed by atoms with Crippen LogP contribution >= 0.6 is 0 Å². The van der Waals surface area contributed by atoms with E-state index in [-0.39, 0.29) is 35.1 Å². The summed E-state index contributed by atoms with van der Waals surface area (Å²) in [7, 11) is -3.70. The number of carbonyl (C=O) groups is 1. The maximum atomic E-state index is 13.4. The van der Waals surface area contributed by atoms with Gasteiger partial charge in [-0.1, -0.05) is 6.92 Å². The Balaban J connectivity index is 1.63. The third-order valence-electron chi connectivity index (χ3n) is 5.70. The van der Waals surface area contributed by atoms with E-state index < -0.39 is 28.0 Å². The van der Waals surface area contributed by atoms with Gasteiger partial charge in [0.2, 0.25) is 0 Å². The first-order valence-corrected chi connectivity index (χ1v) is 12.4. The smallest absolute Gasteiger partial charge is 0.425 e. The van der Waals surface area contributed by atoms with E-state index in [1.54, 1.807) is 23.1 Å². The first kappa shape index (κ1) is 24.7. The number of pyridine rings is 1. The van der Waals surface area contributed by atoms with Crippen LogP contribution in [0.2, 0.25) is 0 Å². The Labute approximate surface area is 200 Å². The fraction of sp³-hybridized carbons (Fsp3) is 0.348. The van der Waals surface area contributed by atoms with Crippen LogP contribution in [-0.2, 0) is 22.9 Å². The lowest BCUT2D eigenvalue weighted by Crippen LogP contribution is -2.33. The van der Waals surface area contributed by atoms with Crippen LogP contribution in [0.4, 0.5) is 13.2 Å². The quantitative estimate of drug-likeness (QED) is 0.502. The van der Waals surface area contributed by atoms with Crippen molar-refractivity contribution in [2.45, 2.75) is 51.0 Å². The van der Waals surface area contributed by atoms with Gasteiger partial charge in [-0.3, -0.25) is 9.78 Å². The number of sulfone groups is 1. The van der Waals surface area contributed by atoms with Gasteiger partial charge in [-0.05, 0) is 44.2 Å². The van der Waals surface area contributed by atoms with Crippen LogP contribution in [0.15, 0.2) is 47.6 Å². The first-order chi connectivity index (χ1) is 16.4. The number of amides is 1. The minimum absolute atomic E-state index is 0.115. The number of benzene rings is 1. The predicted octanol–water partition coefficient (Wildman–Crippen LogP) is 3.85. The SMILES string of the molecule is CCS(=O)(=O)c1ccc(O[C@@H](C)C(F)(F)F)c(C(=O)N2Cc3cn(-c4ccnc(C)c4)nc3C2)c1. The van der Waals surface area contributed by atoms with E-state index in [9.17, 15) is 26.4 Å². The third-order valence-corrected chi connectivity index (χ3v) is 7.43. The molecule has 1 aliphatic rings. The lowest BCUT2D eigenvalue weighted by molar-refractivity contribution is -0.189. The second-order valence-electron chi connectivity index (χ2n) is 8.23. The maximum absolute atomic E-state index is 13.4. The van der Waals surface area contributed by atoms with Crippen molar-refractivity contribution in [3.8, 4) is 11.4 Å². The Hall–Kier alpha value is -3.41. The van der Waals surface area contributed by atoms with Crippen molar-refractivity contribution >= 4 is 15.7 Å². The van der Waals surface area contributed by atoms with E-state index in [0.29, 0.717) is 5.69 Å². The van der Waals surface area contributed by atoms with Crippen LogP contribution in [0.1, 0.15) is 41.2 Å². The molecule has 12 heteroatoms. The lowest BCUT2D eigenvalue weighted by Gasteiger charge is -2.22. The normalized spacial score (nSPS) is 14.6. The van der Waals surface area contributed by atoms with Gasteiger partial charge < -0.3 is 9.64 Å². The van der Waals surface area contributed by atoms with Crippen molar-refractivity contribution < 1.29 is 31.1 Å². The largest absolute Gasteiger partial charge is 0.480 e. The van der Waals surface area contributed by atoms with E-state index in [4.69, 9.17) is 4.74 Å². The van der Waals surface area contributed by atoms with Crippen LogP contribution in [0, 0.1) is 6.92 Å². The molecule has 3 heterocycles. The molecule has 0 saturated carbocycles. The molecule has 0 bridgehead atoms. The molecule has 0 radical (unpaired) electrons. The highest BCUT2D eigenvalue weighted by atomic mass is 32.2. The minimum Gasteiger partial charge on any atom is -0.480 e. The molecule has 0 aliphatic carbocycles. The Bertz CT molecular complexity index is 1360. The Morgan fingerprint density at radius 3 is 2.57 bits per heavy atom. The number of carbonyl (C=O) groups excluding carboxylic acids is 1. The van der Waals surface area contributed by atoms with Gasteiger partial charge in [0.05, 0.1) is 34.1 Å². The van der Waals surface area contributed by atoms with Gasteiger partial charge in [0, 0.05) is 30.2 Å². The molecule has 186 valence electrons. The molecule has 1 aromatic carbocycles. The predicted molar refractivity (Wildman–Crippen MR) is 120 cm³/mol. The summed E-state index contributed by atoms with van der Waals surface area (Å²) in [6.07, 6.45) is -3.41. The molecule has 3 aromatic rings. The number of alkyl halides is 3. The molecule has 0 fully saturated rings. The minimum atomic E-state index is -4.66. The van der Waals surface area contributed by atoms with Gasteiger partial charge in [-0.25, -0.2) is 13.1 Å². The van der Waals surface area contributed by atoms with Crippen LogP contribution in [0.25, 0.3) is 5.69 Å². The number of rotatable bonds is 6. The Kier molecular flexibility index (Phi) is 6.34. The third kappa shape index (κ3) is 5.02. The molecule has 1 aliphatic heterocycles. The van der Waals surface area contributed by atoms with Crippen LogP contribution < -0.4 is 4.74 Å². The summed E-state index contributed by atoms with van der Waals surface area (Å²) in [4.78, 5) is 18.7. The number of halogens is 3. The number of aromatic nitrogens is 3. The number of hydrogen-bond acceptors (Lipinski definition) is 6. The summed E-state index contributed by atoms with van der Waals surface area (Å²) in [5.41, 5.74) is 2.78. The second kappa shape index (κ2) is 8.99. The van der Waals surface area contributed by atoms with Crippen molar-refractivity contribution in [1.82, 2.24) is 19.7 Å². The molecule has 0 spiro atoms. The molecule has 8 nitrogen and oxygen atoms in total. The zero-order valence-corrected chi connectivity index (χ0v) is 20.0. The number of ether oxygens (including phenoxy) is 1. The van der Waals surface area contributed by atoms with Gasteiger partial charge in [0.15, 0.2) is 15.9 Å². The zero-order valence-electron chi connectivity index (χ0n) is 19.2. The van der Waals surface area contributed by atoms with Crippen LogP contribution in [0.5, 0.6) is 5.75 Å². The van der Waals surface area contributed by atoms with Crippen molar-refractivity contribution in [3.05, 3.63) is 65.2 Å². The average molecular weight is 509 g/mol. The van der Waals surface area contributed by atoms with Crippen LogP contribution in [-0.4, -0.2) is 52.0 Å². The molecule has 1 amide bonds. The standard InChI is InChI=1S/C23H23F3N4O4S/c1-4-35(32,33)18-5-6-21(34-15(3)23(24,25)26)19(10-18)22(31)29-11-16-12-30(28-20(16)13-29)17-7-8-27-14(2)9-17/h5-10,12,15H,4,11,13H2,1-3H3/t15-/m0/s1.